The van der Waals surface area contributed by atoms with Crippen LogP contribution in [0.3, 0.4) is 0 Å². The largest absolute Gasteiger partial charge is 0.420 e. The van der Waals surface area contributed by atoms with Crippen molar-refractivity contribution in [1.82, 2.24) is 10.2 Å². The van der Waals surface area contributed by atoms with Crippen LogP contribution in [0.2, 0.25) is 0 Å². The molecular weight excluding hydrogens is 260 g/mol. The smallest absolute Gasteiger partial charge is 0.247 e. The van der Waals surface area contributed by atoms with Gasteiger partial charge in [-0.15, -0.1) is 22.0 Å². The van der Waals surface area contributed by atoms with Crippen molar-refractivity contribution in [2.75, 3.05) is 0 Å². The molecule has 1 N–H and O–H groups in total. The first-order chi connectivity index (χ1) is 9.06. The number of hydrogen-bond donors (Lipinski definition) is 1. The van der Waals surface area contributed by atoms with Gasteiger partial charge >= 0.3 is 0 Å². The summed E-state index contributed by atoms with van der Waals surface area (Å²) < 4.78 is 5.63. The minimum Gasteiger partial charge on any atom is -0.420 e. The predicted molar refractivity (Wildman–Crippen MR) is 76.9 cm³/mol. The Bertz CT molecular complexity index is 540. The second-order valence-electron chi connectivity index (χ2n) is 4.63. The van der Waals surface area contributed by atoms with Crippen molar-refractivity contribution >= 4 is 11.8 Å². The molecule has 19 heavy (non-hydrogen) atoms. The number of aliphatic hydroxyl groups excluding tert-OH is 1. The molecule has 0 saturated heterocycles. The van der Waals surface area contributed by atoms with E-state index in [2.05, 4.69) is 10.2 Å². The summed E-state index contributed by atoms with van der Waals surface area (Å²) >= 11 is 1.60. The van der Waals surface area contributed by atoms with Crippen molar-refractivity contribution < 1.29 is 9.52 Å². The molecule has 5 heteroatoms. The number of benzene rings is 1. The van der Waals surface area contributed by atoms with Crippen LogP contribution in [0.15, 0.2) is 28.7 Å². The van der Waals surface area contributed by atoms with Gasteiger partial charge in [-0.05, 0) is 26.0 Å². The predicted octanol–water partition coefficient (Wildman–Crippen LogP) is 3.05. The Hall–Kier alpha value is -1.33. The third kappa shape index (κ3) is 3.81. The van der Waals surface area contributed by atoms with Gasteiger partial charge in [0.25, 0.3) is 0 Å². The van der Waals surface area contributed by atoms with Crippen molar-refractivity contribution in [1.29, 1.82) is 0 Å². The second kappa shape index (κ2) is 6.21. The highest BCUT2D eigenvalue weighted by Crippen LogP contribution is 2.23. The van der Waals surface area contributed by atoms with Gasteiger partial charge in [-0.3, -0.25) is 0 Å². The number of aromatic nitrogens is 2. The molecule has 102 valence electrons. The van der Waals surface area contributed by atoms with Gasteiger partial charge in [0.05, 0.1) is 11.9 Å². The van der Waals surface area contributed by atoms with Gasteiger partial charge in [-0.25, -0.2) is 0 Å². The molecule has 0 spiro atoms. The Morgan fingerprint density at radius 2 is 2.11 bits per heavy atom. The molecule has 2 aromatic rings. The standard InChI is InChI=1S/C14H18N2O2S/c1-9-5-4-6-12(7-9)14-16-15-13(18-14)8-19-11(3)10(2)17/h4-7,10-11,17H,8H2,1-3H3. The maximum absolute atomic E-state index is 9.43. The van der Waals surface area contributed by atoms with Crippen LogP contribution < -0.4 is 0 Å². The fourth-order valence-corrected chi connectivity index (χ4v) is 2.35. The Balaban J connectivity index is 2.03. The lowest BCUT2D eigenvalue weighted by Gasteiger charge is -2.11. The van der Waals surface area contributed by atoms with Crippen LogP contribution in [0.5, 0.6) is 0 Å². The summed E-state index contributed by atoms with van der Waals surface area (Å²) in [5.74, 6) is 1.75. The van der Waals surface area contributed by atoms with Crippen LogP contribution in [0.1, 0.15) is 25.3 Å². The third-order valence-corrected chi connectivity index (χ3v) is 4.21. The summed E-state index contributed by atoms with van der Waals surface area (Å²) in [5.41, 5.74) is 2.10. The minimum atomic E-state index is -0.343. The average Bonchev–Trinajstić information content (AvgIpc) is 2.84. The first kappa shape index (κ1) is 14.1. The average molecular weight is 278 g/mol. The number of hydrogen-bond acceptors (Lipinski definition) is 5. The maximum atomic E-state index is 9.43. The fourth-order valence-electron chi connectivity index (χ4n) is 1.55. The van der Waals surface area contributed by atoms with E-state index in [1.807, 2.05) is 38.1 Å². The van der Waals surface area contributed by atoms with Crippen LogP contribution >= 0.6 is 11.8 Å². The molecule has 1 heterocycles. The summed E-state index contributed by atoms with van der Waals surface area (Å²) in [6, 6.07) is 7.97. The first-order valence-electron chi connectivity index (χ1n) is 6.25. The van der Waals surface area contributed by atoms with Crippen LogP contribution in [0.25, 0.3) is 11.5 Å². The van der Waals surface area contributed by atoms with Crippen LogP contribution in [-0.4, -0.2) is 26.7 Å². The van der Waals surface area contributed by atoms with E-state index in [1.165, 1.54) is 0 Å². The number of rotatable bonds is 5. The lowest BCUT2D eigenvalue weighted by atomic mass is 10.1. The molecule has 2 rings (SSSR count). The highest BCUT2D eigenvalue weighted by atomic mass is 32.2. The van der Waals surface area contributed by atoms with E-state index < -0.39 is 0 Å². The van der Waals surface area contributed by atoms with Crippen molar-refractivity contribution in [3.05, 3.63) is 35.7 Å². The van der Waals surface area contributed by atoms with Gasteiger partial charge in [0, 0.05) is 10.8 Å². The molecule has 1 aromatic carbocycles. The highest BCUT2D eigenvalue weighted by molar-refractivity contribution is 7.99. The summed E-state index contributed by atoms with van der Waals surface area (Å²) in [7, 11) is 0. The minimum absolute atomic E-state index is 0.148. The molecule has 2 atom stereocenters. The van der Waals surface area contributed by atoms with E-state index in [0.717, 1.165) is 11.1 Å². The van der Waals surface area contributed by atoms with E-state index in [-0.39, 0.29) is 11.4 Å². The monoisotopic (exact) mass is 278 g/mol. The second-order valence-corrected chi connectivity index (χ2v) is 5.99. The Morgan fingerprint density at radius 1 is 1.32 bits per heavy atom. The zero-order valence-corrected chi connectivity index (χ0v) is 12.1. The lowest BCUT2D eigenvalue weighted by Crippen LogP contribution is -2.15. The molecule has 2 unspecified atom stereocenters. The van der Waals surface area contributed by atoms with Crippen LogP contribution in [0.4, 0.5) is 0 Å². The summed E-state index contributed by atoms with van der Waals surface area (Å²) in [5, 5.41) is 17.7. The normalized spacial score (nSPS) is 14.3. The summed E-state index contributed by atoms with van der Waals surface area (Å²) in [6.07, 6.45) is -0.343. The quantitative estimate of drug-likeness (QED) is 0.911. The molecule has 0 fully saturated rings. The Morgan fingerprint density at radius 3 is 2.79 bits per heavy atom. The Kier molecular flexibility index (Phi) is 4.61. The highest BCUT2D eigenvalue weighted by Gasteiger charge is 2.13. The van der Waals surface area contributed by atoms with Crippen molar-refractivity contribution in [2.45, 2.75) is 37.9 Å². The zero-order chi connectivity index (χ0) is 13.8. The maximum Gasteiger partial charge on any atom is 0.247 e. The molecule has 0 aliphatic rings. The third-order valence-electron chi connectivity index (χ3n) is 2.88. The van der Waals surface area contributed by atoms with E-state index in [1.54, 1.807) is 18.7 Å². The molecule has 1 aromatic heterocycles. The van der Waals surface area contributed by atoms with Crippen LogP contribution in [-0.2, 0) is 5.75 Å². The van der Waals surface area contributed by atoms with Gasteiger partial charge in [0.15, 0.2) is 0 Å². The van der Waals surface area contributed by atoms with Gasteiger partial charge < -0.3 is 9.52 Å². The molecule has 0 aliphatic heterocycles. The van der Waals surface area contributed by atoms with Crippen molar-refractivity contribution in [2.24, 2.45) is 0 Å². The number of thioether (sulfide) groups is 1. The lowest BCUT2D eigenvalue weighted by molar-refractivity contribution is 0.196. The first-order valence-corrected chi connectivity index (χ1v) is 7.30. The van der Waals surface area contributed by atoms with E-state index in [9.17, 15) is 5.11 Å². The number of aryl methyl sites for hydroxylation is 1. The molecule has 0 saturated carbocycles. The van der Waals surface area contributed by atoms with E-state index in [4.69, 9.17) is 4.42 Å². The van der Waals surface area contributed by atoms with Crippen LogP contribution in [0, 0.1) is 6.92 Å². The van der Waals surface area contributed by atoms with E-state index in [0.29, 0.717) is 17.5 Å². The van der Waals surface area contributed by atoms with Gasteiger partial charge in [0.1, 0.15) is 0 Å². The Labute approximate surface area is 117 Å². The molecule has 0 amide bonds. The SMILES string of the molecule is Cc1cccc(-c2nnc(CSC(C)C(C)O)o2)c1. The van der Waals surface area contributed by atoms with Crippen molar-refractivity contribution in [3.8, 4) is 11.5 Å². The molecule has 0 bridgehead atoms. The van der Waals surface area contributed by atoms with Gasteiger partial charge in [-0.2, -0.15) is 0 Å². The van der Waals surface area contributed by atoms with E-state index >= 15 is 0 Å². The number of nitrogens with zero attached hydrogens (tertiary/aromatic N) is 2. The molecular formula is C14H18N2O2S. The summed E-state index contributed by atoms with van der Waals surface area (Å²) in [6.45, 7) is 5.79. The van der Waals surface area contributed by atoms with Gasteiger partial charge in [-0.1, -0.05) is 24.6 Å². The molecule has 4 nitrogen and oxygen atoms in total. The number of aliphatic hydroxyl groups is 1. The zero-order valence-electron chi connectivity index (χ0n) is 11.3. The molecule has 0 radical (unpaired) electrons. The summed E-state index contributed by atoms with van der Waals surface area (Å²) in [4.78, 5) is 0. The van der Waals surface area contributed by atoms with Gasteiger partial charge in [0.2, 0.25) is 11.8 Å². The topological polar surface area (TPSA) is 59.2 Å². The van der Waals surface area contributed by atoms with Crippen molar-refractivity contribution in [3.63, 3.8) is 0 Å². The molecule has 0 aliphatic carbocycles. The fraction of sp³-hybridized carbons (Fsp3) is 0.429.